The lowest BCUT2D eigenvalue weighted by Gasteiger charge is -2.23. The van der Waals surface area contributed by atoms with E-state index < -0.39 is 5.79 Å². The van der Waals surface area contributed by atoms with Gasteiger partial charge in [-0.2, -0.15) is 5.43 Å². The average molecular weight is 260 g/mol. The van der Waals surface area contributed by atoms with Crippen LogP contribution >= 0.6 is 23.2 Å². The van der Waals surface area contributed by atoms with Crippen LogP contribution in [0.2, 0.25) is 10.0 Å². The summed E-state index contributed by atoms with van der Waals surface area (Å²) in [6.07, 6.45) is 0. The predicted octanol–water partition coefficient (Wildman–Crippen LogP) is 0.746. The molecule has 1 aromatic carbocycles. The van der Waals surface area contributed by atoms with E-state index in [0.717, 1.165) is 5.56 Å². The molecule has 1 fully saturated rings. The third-order valence-electron chi connectivity index (χ3n) is 2.24. The quantitative estimate of drug-likeness (QED) is 0.601. The van der Waals surface area contributed by atoms with Gasteiger partial charge in [-0.05, 0) is 18.2 Å². The van der Waals surface area contributed by atoms with E-state index in [1.54, 1.807) is 25.2 Å². The van der Waals surface area contributed by atoms with E-state index in [1.165, 1.54) is 0 Å². The van der Waals surface area contributed by atoms with Crippen LogP contribution in [0.15, 0.2) is 23.2 Å². The van der Waals surface area contributed by atoms with Crippen molar-refractivity contribution in [1.29, 1.82) is 0 Å². The van der Waals surface area contributed by atoms with E-state index in [2.05, 4.69) is 21.2 Å². The van der Waals surface area contributed by atoms with Crippen LogP contribution in [-0.2, 0) is 5.79 Å². The molecule has 0 radical (unpaired) electrons. The Bertz CT molecular complexity index is 427. The van der Waals surface area contributed by atoms with Crippen molar-refractivity contribution in [2.75, 3.05) is 7.05 Å². The molecule has 1 aliphatic heterocycles. The Morgan fingerprint density at radius 1 is 1.25 bits per heavy atom. The van der Waals surface area contributed by atoms with Crippen LogP contribution in [0, 0.1) is 0 Å². The number of rotatable bonds is 1. The van der Waals surface area contributed by atoms with Crippen LogP contribution in [0.1, 0.15) is 5.56 Å². The summed E-state index contributed by atoms with van der Waals surface area (Å²) in [6.45, 7) is 0. The van der Waals surface area contributed by atoms with E-state index in [9.17, 15) is 0 Å². The number of nitrogens with two attached hydrogens (primary N) is 1. The highest BCUT2D eigenvalue weighted by Crippen LogP contribution is 2.24. The van der Waals surface area contributed by atoms with Crippen molar-refractivity contribution >= 4 is 29.2 Å². The number of benzene rings is 1. The maximum absolute atomic E-state index is 6.10. The van der Waals surface area contributed by atoms with Crippen molar-refractivity contribution in [3.63, 3.8) is 0 Å². The highest BCUT2D eigenvalue weighted by Gasteiger charge is 2.34. The lowest BCUT2D eigenvalue weighted by Crippen LogP contribution is -2.55. The third kappa shape index (κ3) is 2.08. The predicted molar refractivity (Wildman–Crippen MR) is 65.1 cm³/mol. The smallest absolute Gasteiger partial charge is 0.208 e. The van der Waals surface area contributed by atoms with Crippen LogP contribution in [0.4, 0.5) is 0 Å². The van der Waals surface area contributed by atoms with E-state index in [-0.39, 0.29) is 0 Å². The minimum absolute atomic E-state index is 0.526. The van der Waals surface area contributed by atoms with Crippen molar-refractivity contribution in [3.8, 4) is 0 Å². The van der Waals surface area contributed by atoms with Gasteiger partial charge in [-0.1, -0.05) is 23.2 Å². The summed E-state index contributed by atoms with van der Waals surface area (Å²) < 4.78 is 0. The minimum Gasteiger partial charge on any atom is -0.320 e. The fourth-order valence-electron chi connectivity index (χ4n) is 1.44. The van der Waals surface area contributed by atoms with Crippen molar-refractivity contribution in [2.24, 2.45) is 10.7 Å². The standard InChI is InChI=1S/C9H11Cl2N5/c1-13-8-14-9(12,16-15-8)5-2-6(10)4-7(11)3-5/h2-4,16H,12H2,1H3,(H2,13,14,15). The lowest BCUT2D eigenvalue weighted by atomic mass is 10.1. The Labute approximate surface area is 103 Å². The molecule has 86 valence electrons. The second-order valence-electron chi connectivity index (χ2n) is 3.41. The summed E-state index contributed by atoms with van der Waals surface area (Å²) in [6, 6.07) is 5.11. The zero-order valence-corrected chi connectivity index (χ0v) is 10.0. The molecule has 1 unspecified atom stereocenters. The first-order valence-electron chi connectivity index (χ1n) is 4.57. The van der Waals surface area contributed by atoms with Crippen molar-refractivity contribution in [1.82, 2.24) is 16.2 Å². The monoisotopic (exact) mass is 259 g/mol. The number of nitrogens with one attached hydrogen (secondary N) is 3. The molecule has 1 atom stereocenters. The normalized spacial score (nSPS) is 26.6. The van der Waals surface area contributed by atoms with Gasteiger partial charge in [0, 0.05) is 22.7 Å². The molecule has 5 nitrogen and oxygen atoms in total. The molecule has 5 N–H and O–H groups in total. The number of hydrogen-bond donors (Lipinski definition) is 4. The first-order valence-corrected chi connectivity index (χ1v) is 5.33. The SMILES string of the molecule is CN=C1NNC(N)(c2cc(Cl)cc(Cl)c2)N1. The summed E-state index contributed by atoms with van der Waals surface area (Å²) >= 11 is 11.8. The fourth-order valence-corrected chi connectivity index (χ4v) is 1.97. The lowest BCUT2D eigenvalue weighted by molar-refractivity contribution is 0.348. The van der Waals surface area contributed by atoms with Gasteiger partial charge < -0.3 is 5.32 Å². The molecular formula is C9H11Cl2N5. The number of guanidine groups is 1. The molecule has 0 aromatic heterocycles. The van der Waals surface area contributed by atoms with E-state index >= 15 is 0 Å². The van der Waals surface area contributed by atoms with Gasteiger partial charge in [0.1, 0.15) is 0 Å². The molecule has 16 heavy (non-hydrogen) atoms. The van der Waals surface area contributed by atoms with Crippen molar-refractivity contribution in [3.05, 3.63) is 33.8 Å². The number of hydrogen-bond acceptors (Lipinski definition) is 3. The average Bonchev–Trinajstić information content (AvgIpc) is 2.60. The molecule has 7 heteroatoms. The minimum atomic E-state index is -0.969. The Kier molecular flexibility index (Phi) is 2.94. The molecule has 1 aromatic rings. The molecule has 1 heterocycles. The van der Waals surface area contributed by atoms with Crippen LogP contribution in [-0.4, -0.2) is 13.0 Å². The molecule has 0 spiro atoms. The van der Waals surface area contributed by atoms with Gasteiger partial charge in [-0.25, -0.2) is 0 Å². The number of aliphatic imine (C=N–C) groups is 1. The van der Waals surface area contributed by atoms with E-state index in [4.69, 9.17) is 28.9 Å². The summed E-state index contributed by atoms with van der Waals surface area (Å²) in [4.78, 5) is 3.94. The largest absolute Gasteiger partial charge is 0.320 e. The topological polar surface area (TPSA) is 74.5 Å². The Balaban J connectivity index is 2.37. The number of hydrazine groups is 1. The molecule has 1 aliphatic rings. The summed E-state index contributed by atoms with van der Waals surface area (Å²) in [5.41, 5.74) is 12.5. The van der Waals surface area contributed by atoms with Crippen LogP contribution in [0.5, 0.6) is 0 Å². The molecule has 0 saturated carbocycles. The third-order valence-corrected chi connectivity index (χ3v) is 2.67. The fraction of sp³-hybridized carbons (Fsp3) is 0.222. The van der Waals surface area contributed by atoms with Gasteiger partial charge in [0.2, 0.25) is 5.96 Å². The van der Waals surface area contributed by atoms with Gasteiger partial charge in [0.25, 0.3) is 0 Å². The summed E-state index contributed by atoms with van der Waals surface area (Å²) in [7, 11) is 1.65. The molecule has 2 rings (SSSR count). The van der Waals surface area contributed by atoms with Crippen LogP contribution in [0.25, 0.3) is 0 Å². The second kappa shape index (κ2) is 4.10. The van der Waals surface area contributed by atoms with Crippen LogP contribution in [0.3, 0.4) is 0 Å². The van der Waals surface area contributed by atoms with Crippen molar-refractivity contribution < 1.29 is 0 Å². The summed E-state index contributed by atoms with van der Waals surface area (Å²) in [5.74, 6) is -0.415. The number of halogens is 2. The van der Waals surface area contributed by atoms with Crippen molar-refractivity contribution in [2.45, 2.75) is 5.79 Å². The van der Waals surface area contributed by atoms with E-state index in [1.807, 2.05) is 0 Å². The molecule has 1 saturated heterocycles. The van der Waals surface area contributed by atoms with Gasteiger partial charge in [0.15, 0.2) is 5.79 Å². The second-order valence-corrected chi connectivity index (χ2v) is 4.29. The Hall–Kier alpha value is -1.01. The zero-order chi connectivity index (χ0) is 11.8. The molecule has 0 aliphatic carbocycles. The van der Waals surface area contributed by atoms with Gasteiger partial charge in [-0.3, -0.25) is 16.2 Å². The first kappa shape index (κ1) is 11.5. The first-order chi connectivity index (χ1) is 7.53. The highest BCUT2D eigenvalue weighted by atomic mass is 35.5. The van der Waals surface area contributed by atoms with Gasteiger partial charge in [0.05, 0.1) is 0 Å². The maximum Gasteiger partial charge on any atom is 0.208 e. The summed E-state index contributed by atoms with van der Waals surface area (Å²) in [5, 5.41) is 4.03. The molecule has 0 amide bonds. The Morgan fingerprint density at radius 2 is 1.88 bits per heavy atom. The molecule has 0 bridgehead atoms. The Morgan fingerprint density at radius 3 is 2.38 bits per heavy atom. The van der Waals surface area contributed by atoms with Crippen LogP contribution < -0.4 is 21.9 Å². The maximum atomic E-state index is 6.10. The zero-order valence-electron chi connectivity index (χ0n) is 8.51. The number of nitrogens with zero attached hydrogens (tertiary/aromatic N) is 1. The highest BCUT2D eigenvalue weighted by molar-refractivity contribution is 6.34. The van der Waals surface area contributed by atoms with Gasteiger partial charge >= 0.3 is 0 Å². The molecular weight excluding hydrogens is 249 g/mol. The van der Waals surface area contributed by atoms with Gasteiger partial charge in [-0.15, -0.1) is 0 Å². The van der Waals surface area contributed by atoms with E-state index in [0.29, 0.717) is 16.0 Å².